The van der Waals surface area contributed by atoms with Gasteiger partial charge >= 0.3 is 0 Å². The van der Waals surface area contributed by atoms with Gasteiger partial charge in [0.05, 0.1) is 19.1 Å². The first-order valence-electron chi connectivity index (χ1n) is 10.1. The highest BCUT2D eigenvalue weighted by atomic mass is 16.5. The maximum atomic E-state index is 13.5. The zero-order valence-electron chi connectivity index (χ0n) is 17.3. The van der Waals surface area contributed by atoms with E-state index in [0.717, 1.165) is 33.8 Å². The number of hydrogen-bond donors (Lipinski definition) is 1. The lowest BCUT2D eigenvalue weighted by Crippen LogP contribution is -2.40. The number of carbonyl (C=O) groups excluding carboxylic acids is 1. The summed E-state index contributed by atoms with van der Waals surface area (Å²) in [4.78, 5) is 23.0. The predicted molar refractivity (Wildman–Crippen MR) is 115 cm³/mol. The number of aryl methyl sites for hydroxylation is 1. The zero-order valence-corrected chi connectivity index (χ0v) is 17.3. The zero-order chi connectivity index (χ0) is 21.4. The Morgan fingerprint density at radius 2 is 1.94 bits per heavy atom. The highest BCUT2D eigenvalue weighted by Crippen LogP contribution is 2.35. The first-order chi connectivity index (χ1) is 15.1. The SMILES string of the molecule is COc1ccc([C@H]2c3nc[nH]c3CCN2C(=O)c2cc(-c3ccc(C)cc3)on2)cc1. The van der Waals surface area contributed by atoms with Crippen LogP contribution in [0, 0.1) is 6.92 Å². The van der Waals surface area contributed by atoms with Gasteiger partial charge in [0.2, 0.25) is 0 Å². The van der Waals surface area contributed by atoms with Crippen molar-refractivity contribution in [1.82, 2.24) is 20.0 Å². The lowest BCUT2D eigenvalue weighted by Gasteiger charge is -2.34. The molecule has 1 aliphatic rings. The molecule has 2 aromatic heterocycles. The minimum absolute atomic E-state index is 0.184. The molecule has 0 radical (unpaired) electrons. The summed E-state index contributed by atoms with van der Waals surface area (Å²) in [5.41, 5.74) is 5.19. The second-order valence-electron chi connectivity index (χ2n) is 7.63. The van der Waals surface area contributed by atoms with Crippen molar-refractivity contribution in [3.63, 3.8) is 0 Å². The number of H-pyrrole nitrogens is 1. The Hall–Kier alpha value is -3.87. The molecular formula is C24H22N4O3. The van der Waals surface area contributed by atoms with Crippen LogP contribution in [0.4, 0.5) is 0 Å². The Kier molecular flexibility index (Phi) is 4.78. The molecule has 5 rings (SSSR count). The lowest BCUT2D eigenvalue weighted by atomic mass is 9.95. The van der Waals surface area contributed by atoms with E-state index >= 15 is 0 Å². The van der Waals surface area contributed by atoms with Crippen LogP contribution in [0.3, 0.4) is 0 Å². The second kappa shape index (κ2) is 7.75. The number of carbonyl (C=O) groups is 1. The third kappa shape index (κ3) is 3.48. The number of aromatic amines is 1. The first-order valence-corrected chi connectivity index (χ1v) is 10.1. The van der Waals surface area contributed by atoms with Crippen molar-refractivity contribution in [2.75, 3.05) is 13.7 Å². The Morgan fingerprint density at radius 3 is 2.68 bits per heavy atom. The summed E-state index contributed by atoms with van der Waals surface area (Å²) in [6.07, 6.45) is 2.39. The maximum Gasteiger partial charge on any atom is 0.276 e. The number of imidazole rings is 1. The van der Waals surface area contributed by atoms with Gasteiger partial charge in [0, 0.05) is 30.3 Å². The van der Waals surface area contributed by atoms with Crippen LogP contribution in [-0.2, 0) is 6.42 Å². The Bertz CT molecular complexity index is 1210. The molecule has 0 saturated carbocycles. The Balaban J connectivity index is 1.49. The molecule has 1 N–H and O–H groups in total. The fourth-order valence-electron chi connectivity index (χ4n) is 4.00. The van der Waals surface area contributed by atoms with Crippen LogP contribution in [0.2, 0.25) is 0 Å². The molecule has 31 heavy (non-hydrogen) atoms. The van der Waals surface area contributed by atoms with Gasteiger partial charge in [-0.2, -0.15) is 0 Å². The van der Waals surface area contributed by atoms with E-state index in [9.17, 15) is 4.79 Å². The van der Waals surface area contributed by atoms with Gasteiger partial charge < -0.3 is 19.1 Å². The number of ether oxygens (including phenoxy) is 1. The van der Waals surface area contributed by atoms with Crippen LogP contribution in [0.1, 0.15) is 39.0 Å². The number of methoxy groups -OCH3 is 1. The van der Waals surface area contributed by atoms with E-state index < -0.39 is 0 Å². The Labute approximate surface area is 179 Å². The summed E-state index contributed by atoms with van der Waals surface area (Å²) < 4.78 is 10.8. The van der Waals surface area contributed by atoms with Crippen molar-refractivity contribution in [3.05, 3.63) is 89.1 Å². The average molecular weight is 414 g/mol. The van der Waals surface area contributed by atoms with Crippen LogP contribution in [0.5, 0.6) is 5.75 Å². The minimum atomic E-state index is -0.312. The number of benzene rings is 2. The smallest absolute Gasteiger partial charge is 0.276 e. The van der Waals surface area contributed by atoms with Gasteiger partial charge in [0.1, 0.15) is 11.8 Å². The van der Waals surface area contributed by atoms with E-state index in [-0.39, 0.29) is 17.6 Å². The quantitative estimate of drug-likeness (QED) is 0.542. The lowest BCUT2D eigenvalue weighted by molar-refractivity contribution is 0.0680. The molecule has 0 fully saturated rings. The molecule has 7 heteroatoms. The fraction of sp³-hybridized carbons (Fsp3) is 0.208. The first kappa shape index (κ1) is 19.1. The van der Waals surface area contributed by atoms with Crippen LogP contribution >= 0.6 is 0 Å². The Morgan fingerprint density at radius 1 is 1.16 bits per heavy atom. The van der Waals surface area contributed by atoms with Gasteiger partial charge in [-0.25, -0.2) is 4.98 Å². The molecule has 0 bridgehead atoms. The molecule has 4 aromatic rings. The van der Waals surface area contributed by atoms with Crippen molar-refractivity contribution in [2.45, 2.75) is 19.4 Å². The molecule has 1 atom stereocenters. The number of nitrogens with one attached hydrogen (secondary N) is 1. The third-order valence-electron chi connectivity index (χ3n) is 5.68. The van der Waals surface area contributed by atoms with E-state index in [2.05, 4.69) is 15.1 Å². The number of hydrogen-bond acceptors (Lipinski definition) is 5. The number of fused-ring (bicyclic) bond motifs is 1. The maximum absolute atomic E-state index is 13.5. The predicted octanol–water partition coefficient (Wildman–Crippen LogP) is 4.17. The molecule has 0 aliphatic carbocycles. The molecule has 1 aliphatic heterocycles. The topological polar surface area (TPSA) is 84.2 Å². The highest BCUT2D eigenvalue weighted by Gasteiger charge is 2.35. The summed E-state index contributed by atoms with van der Waals surface area (Å²) in [5.74, 6) is 1.15. The average Bonchev–Trinajstić information content (AvgIpc) is 3.48. The summed E-state index contributed by atoms with van der Waals surface area (Å²) >= 11 is 0. The standard InChI is InChI=1S/C24H22N4O3/c1-15-3-5-16(6-4-15)21-13-20(27-31-21)24(29)28-12-11-19-22(26-14-25-19)23(28)17-7-9-18(30-2)10-8-17/h3-10,13-14,23H,11-12H2,1-2H3,(H,25,26)/t23-/m0/s1. The highest BCUT2D eigenvalue weighted by molar-refractivity contribution is 5.94. The fourth-order valence-corrected chi connectivity index (χ4v) is 4.00. The van der Waals surface area contributed by atoms with Gasteiger partial charge in [-0.05, 0) is 24.6 Å². The second-order valence-corrected chi connectivity index (χ2v) is 7.63. The largest absolute Gasteiger partial charge is 0.497 e. The summed E-state index contributed by atoms with van der Waals surface area (Å²) in [6.45, 7) is 2.58. The van der Waals surface area contributed by atoms with Crippen molar-refractivity contribution < 1.29 is 14.1 Å². The van der Waals surface area contributed by atoms with E-state index in [1.807, 2.05) is 60.4 Å². The minimum Gasteiger partial charge on any atom is -0.497 e. The van der Waals surface area contributed by atoms with E-state index in [4.69, 9.17) is 9.26 Å². The van der Waals surface area contributed by atoms with Crippen LogP contribution in [0.15, 0.2) is 65.4 Å². The van der Waals surface area contributed by atoms with Crippen LogP contribution in [0.25, 0.3) is 11.3 Å². The molecule has 0 saturated heterocycles. The number of amides is 1. The normalized spacial score (nSPS) is 15.5. The molecule has 7 nitrogen and oxygen atoms in total. The van der Waals surface area contributed by atoms with Crippen molar-refractivity contribution >= 4 is 5.91 Å². The monoisotopic (exact) mass is 414 g/mol. The molecule has 0 unspecified atom stereocenters. The molecular weight excluding hydrogens is 392 g/mol. The van der Waals surface area contributed by atoms with Gasteiger partial charge in [-0.3, -0.25) is 4.79 Å². The molecule has 2 aromatic carbocycles. The van der Waals surface area contributed by atoms with Crippen molar-refractivity contribution in [1.29, 1.82) is 0 Å². The summed E-state index contributed by atoms with van der Waals surface area (Å²) in [5, 5.41) is 4.07. The van der Waals surface area contributed by atoms with Gasteiger partial charge in [0.25, 0.3) is 5.91 Å². The van der Waals surface area contributed by atoms with Crippen LogP contribution < -0.4 is 4.74 Å². The number of nitrogens with zero attached hydrogens (tertiary/aromatic N) is 3. The van der Waals surface area contributed by atoms with Crippen molar-refractivity contribution in [3.8, 4) is 17.1 Å². The molecule has 0 spiro atoms. The molecule has 1 amide bonds. The van der Waals surface area contributed by atoms with Crippen LogP contribution in [-0.4, -0.2) is 39.6 Å². The third-order valence-corrected chi connectivity index (χ3v) is 5.68. The van der Waals surface area contributed by atoms with Gasteiger partial charge in [-0.1, -0.05) is 47.1 Å². The van der Waals surface area contributed by atoms with E-state index in [0.29, 0.717) is 18.7 Å². The van der Waals surface area contributed by atoms with E-state index in [1.165, 1.54) is 0 Å². The summed E-state index contributed by atoms with van der Waals surface area (Å²) in [7, 11) is 1.63. The van der Waals surface area contributed by atoms with Gasteiger partial charge in [0.15, 0.2) is 11.5 Å². The molecule has 156 valence electrons. The van der Waals surface area contributed by atoms with Crippen molar-refractivity contribution in [2.24, 2.45) is 0 Å². The van der Waals surface area contributed by atoms with E-state index in [1.54, 1.807) is 19.5 Å². The van der Waals surface area contributed by atoms with Gasteiger partial charge in [-0.15, -0.1) is 0 Å². The summed E-state index contributed by atoms with van der Waals surface area (Å²) in [6, 6.07) is 17.0. The number of aromatic nitrogens is 3. The number of rotatable bonds is 4. The molecule has 3 heterocycles.